The molecular formula is C19H25N5O2. The average molecular weight is 355 g/mol. The predicted molar refractivity (Wildman–Crippen MR) is 100 cm³/mol. The Morgan fingerprint density at radius 1 is 1.23 bits per heavy atom. The number of aromatic nitrogens is 2. The van der Waals surface area contributed by atoms with Gasteiger partial charge in [0, 0.05) is 44.3 Å². The van der Waals surface area contributed by atoms with Gasteiger partial charge in [0.1, 0.15) is 0 Å². The third-order valence-corrected chi connectivity index (χ3v) is 4.52. The molecule has 1 aromatic heterocycles. The number of piperidine rings is 1. The summed E-state index contributed by atoms with van der Waals surface area (Å²) in [6.45, 7) is 3.52. The number of nitrogens with zero attached hydrogens (tertiary/aromatic N) is 3. The molecule has 26 heavy (non-hydrogen) atoms. The Morgan fingerprint density at radius 3 is 2.73 bits per heavy atom. The normalized spacial score (nSPS) is 17.7. The number of carbonyl (C=O) groups is 1. The summed E-state index contributed by atoms with van der Waals surface area (Å²) in [7, 11) is 0. The van der Waals surface area contributed by atoms with Crippen LogP contribution in [0.3, 0.4) is 0 Å². The first-order valence-corrected chi connectivity index (χ1v) is 9.00. The highest BCUT2D eigenvalue weighted by atomic mass is 16.3. The van der Waals surface area contributed by atoms with Crippen LogP contribution in [0.4, 0.5) is 11.6 Å². The fourth-order valence-electron chi connectivity index (χ4n) is 3.09. The van der Waals surface area contributed by atoms with Gasteiger partial charge in [-0.2, -0.15) is 0 Å². The van der Waals surface area contributed by atoms with Crippen molar-refractivity contribution in [2.45, 2.75) is 12.8 Å². The predicted octanol–water partition coefficient (Wildman–Crippen LogP) is 1.65. The summed E-state index contributed by atoms with van der Waals surface area (Å²) in [6, 6.07) is 9.63. The number of aliphatic hydroxyl groups excluding tert-OH is 1. The van der Waals surface area contributed by atoms with E-state index < -0.39 is 0 Å². The van der Waals surface area contributed by atoms with E-state index in [9.17, 15) is 9.90 Å². The van der Waals surface area contributed by atoms with Crippen LogP contribution in [0.2, 0.25) is 0 Å². The summed E-state index contributed by atoms with van der Waals surface area (Å²) in [6.07, 6.45) is 5.23. The molecule has 0 aliphatic carbocycles. The zero-order chi connectivity index (χ0) is 18.2. The molecule has 1 fully saturated rings. The third kappa shape index (κ3) is 5.24. The molecule has 1 saturated heterocycles. The Hall–Kier alpha value is -2.51. The van der Waals surface area contributed by atoms with Crippen LogP contribution in [0, 0.1) is 5.92 Å². The topological polar surface area (TPSA) is 90.4 Å². The average Bonchev–Trinajstić information content (AvgIpc) is 2.69. The van der Waals surface area contributed by atoms with Gasteiger partial charge in [-0.15, -0.1) is 0 Å². The molecule has 0 saturated carbocycles. The first kappa shape index (κ1) is 18.3. The zero-order valence-corrected chi connectivity index (χ0v) is 14.8. The van der Waals surface area contributed by atoms with Gasteiger partial charge in [-0.25, -0.2) is 9.97 Å². The van der Waals surface area contributed by atoms with E-state index in [-0.39, 0.29) is 12.5 Å². The number of nitrogens with one attached hydrogen (secondary N) is 2. The van der Waals surface area contributed by atoms with Gasteiger partial charge in [-0.3, -0.25) is 4.79 Å². The van der Waals surface area contributed by atoms with Crippen LogP contribution in [-0.2, 0) is 0 Å². The standard InChI is InChI=1S/C19H25N5O2/c25-14-15-5-4-9-24(13-15)10-8-20-18(26)16-11-21-19(22-12-16)23-17-6-2-1-3-7-17/h1-3,6-7,11-12,15,25H,4-5,8-10,13-14H2,(H,20,26)(H,21,22,23)/t15-/m0/s1. The second-order valence-electron chi connectivity index (χ2n) is 6.53. The van der Waals surface area contributed by atoms with Crippen molar-refractivity contribution in [2.75, 3.05) is 38.1 Å². The molecule has 3 rings (SSSR count). The first-order chi connectivity index (χ1) is 12.7. The van der Waals surface area contributed by atoms with Gasteiger partial charge in [0.25, 0.3) is 5.91 Å². The van der Waals surface area contributed by atoms with Crippen LogP contribution in [-0.4, -0.2) is 58.7 Å². The van der Waals surface area contributed by atoms with Crippen molar-refractivity contribution >= 4 is 17.5 Å². The van der Waals surface area contributed by atoms with Crippen molar-refractivity contribution in [2.24, 2.45) is 5.92 Å². The highest BCUT2D eigenvalue weighted by Crippen LogP contribution is 2.15. The van der Waals surface area contributed by atoms with Crippen molar-refractivity contribution in [3.63, 3.8) is 0 Å². The number of anilines is 2. The lowest BCUT2D eigenvalue weighted by Gasteiger charge is -2.31. The number of benzene rings is 1. The molecule has 0 spiro atoms. The van der Waals surface area contributed by atoms with Crippen molar-refractivity contribution in [3.05, 3.63) is 48.3 Å². The van der Waals surface area contributed by atoms with Gasteiger partial charge in [0.15, 0.2) is 0 Å². The van der Waals surface area contributed by atoms with E-state index in [1.807, 2.05) is 30.3 Å². The molecule has 2 aromatic rings. The smallest absolute Gasteiger partial charge is 0.254 e. The van der Waals surface area contributed by atoms with Crippen molar-refractivity contribution in [1.82, 2.24) is 20.2 Å². The van der Waals surface area contributed by atoms with Crippen LogP contribution < -0.4 is 10.6 Å². The molecule has 0 unspecified atom stereocenters. The number of aliphatic hydroxyl groups is 1. The molecule has 7 nitrogen and oxygen atoms in total. The largest absolute Gasteiger partial charge is 0.396 e. The number of carbonyl (C=O) groups excluding carboxylic acids is 1. The summed E-state index contributed by atoms with van der Waals surface area (Å²) in [5.74, 6) is 0.639. The van der Waals surface area contributed by atoms with Gasteiger partial charge in [-0.05, 0) is 37.4 Å². The first-order valence-electron chi connectivity index (χ1n) is 9.00. The number of hydrogen-bond acceptors (Lipinski definition) is 6. The molecule has 1 aliphatic heterocycles. The number of amides is 1. The molecule has 3 N–H and O–H groups in total. The van der Waals surface area contributed by atoms with Crippen LogP contribution in [0.1, 0.15) is 23.2 Å². The Morgan fingerprint density at radius 2 is 2.00 bits per heavy atom. The number of rotatable bonds is 7. The van der Waals surface area contributed by atoms with Gasteiger partial charge >= 0.3 is 0 Å². The molecule has 7 heteroatoms. The quantitative estimate of drug-likeness (QED) is 0.700. The Labute approximate surface area is 153 Å². The van der Waals surface area contributed by atoms with Gasteiger partial charge < -0.3 is 20.6 Å². The van der Waals surface area contributed by atoms with Crippen LogP contribution in [0.15, 0.2) is 42.7 Å². The van der Waals surface area contributed by atoms with E-state index in [0.717, 1.165) is 38.2 Å². The summed E-state index contributed by atoms with van der Waals surface area (Å²) in [5, 5.41) is 15.3. The lowest BCUT2D eigenvalue weighted by Crippen LogP contribution is -2.41. The van der Waals surface area contributed by atoms with E-state index in [1.165, 1.54) is 12.4 Å². The van der Waals surface area contributed by atoms with Crippen molar-refractivity contribution in [1.29, 1.82) is 0 Å². The van der Waals surface area contributed by atoms with E-state index in [2.05, 4.69) is 25.5 Å². The molecule has 1 aliphatic rings. The summed E-state index contributed by atoms with van der Waals surface area (Å²) in [4.78, 5) is 22.9. The summed E-state index contributed by atoms with van der Waals surface area (Å²) >= 11 is 0. The highest BCUT2D eigenvalue weighted by Gasteiger charge is 2.18. The molecule has 2 heterocycles. The maximum atomic E-state index is 12.2. The summed E-state index contributed by atoms with van der Waals surface area (Å²) in [5.41, 5.74) is 1.34. The fraction of sp³-hybridized carbons (Fsp3) is 0.421. The maximum absolute atomic E-state index is 12.2. The SMILES string of the molecule is O=C(NCCN1CCC[C@H](CO)C1)c1cnc(Nc2ccccc2)nc1. The van der Waals surface area contributed by atoms with E-state index in [0.29, 0.717) is 24.0 Å². The summed E-state index contributed by atoms with van der Waals surface area (Å²) < 4.78 is 0. The maximum Gasteiger partial charge on any atom is 0.254 e. The minimum atomic E-state index is -0.174. The second kappa shape index (κ2) is 9.26. The Kier molecular flexibility index (Phi) is 6.51. The third-order valence-electron chi connectivity index (χ3n) is 4.52. The van der Waals surface area contributed by atoms with Crippen LogP contribution in [0.5, 0.6) is 0 Å². The van der Waals surface area contributed by atoms with Crippen molar-refractivity contribution in [3.8, 4) is 0 Å². The zero-order valence-electron chi connectivity index (χ0n) is 14.8. The van der Waals surface area contributed by atoms with Crippen LogP contribution >= 0.6 is 0 Å². The number of para-hydroxylation sites is 1. The monoisotopic (exact) mass is 355 g/mol. The van der Waals surface area contributed by atoms with Gasteiger partial charge in [0.05, 0.1) is 5.56 Å². The van der Waals surface area contributed by atoms with Gasteiger partial charge in [-0.1, -0.05) is 18.2 Å². The molecule has 1 atom stereocenters. The van der Waals surface area contributed by atoms with Gasteiger partial charge in [0.2, 0.25) is 5.95 Å². The number of hydrogen-bond donors (Lipinski definition) is 3. The minimum absolute atomic E-state index is 0.174. The minimum Gasteiger partial charge on any atom is -0.396 e. The Balaban J connectivity index is 1.44. The molecule has 138 valence electrons. The van der Waals surface area contributed by atoms with E-state index >= 15 is 0 Å². The fourth-order valence-corrected chi connectivity index (χ4v) is 3.09. The molecule has 1 aromatic carbocycles. The molecule has 0 bridgehead atoms. The van der Waals surface area contributed by atoms with Crippen molar-refractivity contribution < 1.29 is 9.90 Å². The highest BCUT2D eigenvalue weighted by molar-refractivity contribution is 5.93. The molecule has 1 amide bonds. The van der Waals surface area contributed by atoms with E-state index in [4.69, 9.17) is 0 Å². The lowest BCUT2D eigenvalue weighted by atomic mass is 9.99. The Bertz CT molecular complexity index is 693. The molecular weight excluding hydrogens is 330 g/mol. The van der Waals surface area contributed by atoms with Crippen LogP contribution in [0.25, 0.3) is 0 Å². The number of likely N-dealkylation sites (tertiary alicyclic amines) is 1. The lowest BCUT2D eigenvalue weighted by molar-refractivity contribution is 0.0930. The van der Waals surface area contributed by atoms with E-state index in [1.54, 1.807) is 0 Å². The molecule has 0 radical (unpaired) electrons. The second-order valence-corrected chi connectivity index (χ2v) is 6.53.